The van der Waals surface area contributed by atoms with Crippen molar-refractivity contribution < 1.29 is 0 Å². The third-order valence-corrected chi connectivity index (χ3v) is 6.87. The molecule has 0 radical (unpaired) electrons. The van der Waals surface area contributed by atoms with Crippen LogP contribution in [0.2, 0.25) is 0 Å². The van der Waals surface area contributed by atoms with E-state index in [1.54, 1.807) is 18.6 Å². The highest BCUT2D eigenvalue weighted by molar-refractivity contribution is 5.77. The lowest BCUT2D eigenvalue weighted by Gasteiger charge is -2.13. The third-order valence-electron chi connectivity index (χ3n) is 6.87. The van der Waals surface area contributed by atoms with Crippen molar-refractivity contribution in [3.63, 3.8) is 0 Å². The van der Waals surface area contributed by atoms with E-state index in [-0.39, 0.29) is 11.8 Å². The van der Waals surface area contributed by atoms with E-state index in [0.29, 0.717) is 29.9 Å². The van der Waals surface area contributed by atoms with Gasteiger partial charge in [-0.15, -0.1) is 0 Å². The molecular formula is C29H28N10. The molecule has 6 rings (SSSR count). The molecule has 0 saturated heterocycles. The molecule has 2 atom stereocenters. The van der Waals surface area contributed by atoms with Crippen molar-refractivity contribution in [2.75, 3.05) is 0 Å². The molecule has 194 valence electrons. The topological polar surface area (TPSA) is 129 Å². The Morgan fingerprint density at radius 2 is 1.31 bits per heavy atom. The molecule has 10 nitrogen and oxygen atoms in total. The number of pyridine rings is 2. The zero-order valence-corrected chi connectivity index (χ0v) is 22.3. The first-order valence-electron chi connectivity index (χ1n) is 13.1. The minimum absolute atomic E-state index is 0.109. The summed E-state index contributed by atoms with van der Waals surface area (Å²) < 4.78 is 0. The molecule has 0 amide bonds. The van der Waals surface area contributed by atoms with Crippen molar-refractivity contribution >= 4 is 33.1 Å². The molecule has 6 heterocycles. The molecule has 0 aliphatic carbocycles. The third kappa shape index (κ3) is 5.22. The van der Waals surface area contributed by atoms with Crippen LogP contribution in [0, 0.1) is 0 Å². The molecule has 0 bridgehead atoms. The van der Waals surface area contributed by atoms with E-state index in [1.165, 1.54) is 6.33 Å². The predicted octanol–water partition coefficient (Wildman–Crippen LogP) is 4.91. The molecule has 10 heteroatoms. The number of fused-ring (bicyclic) bond motifs is 3. The van der Waals surface area contributed by atoms with Gasteiger partial charge in [0.05, 0.1) is 41.5 Å². The zero-order chi connectivity index (χ0) is 26.9. The van der Waals surface area contributed by atoms with Gasteiger partial charge in [0.15, 0.2) is 5.65 Å². The Hall–Kier alpha value is -4.60. The van der Waals surface area contributed by atoms with E-state index in [1.807, 2.05) is 30.6 Å². The number of hydrogen-bond donors (Lipinski definition) is 0. The van der Waals surface area contributed by atoms with Crippen LogP contribution in [0.15, 0.2) is 55.5 Å². The molecule has 0 unspecified atom stereocenters. The Labute approximate surface area is 225 Å². The van der Waals surface area contributed by atoms with Crippen LogP contribution >= 0.6 is 0 Å². The van der Waals surface area contributed by atoms with Crippen LogP contribution in [0.4, 0.5) is 0 Å². The average molecular weight is 517 g/mol. The summed E-state index contributed by atoms with van der Waals surface area (Å²) >= 11 is 0. The van der Waals surface area contributed by atoms with Crippen molar-refractivity contribution in [1.82, 2.24) is 49.8 Å². The molecule has 39 heavy (non-hydrogen) atoms. The van der Waals surface area contributed by atoms with Crippen molar-refractivity contribution in [1.29, 1.82) is 0 Å². The highest BCUT2D eigenvalue weighted by atomic mass is 15.0. The van der Waals surface area contributed by atoms with Gasteiger partial charge in [0, 0.05) is 47.6 Å². The molecule has 0 spiro atoms. The summed E-state index contributed by atoms with van der Waals surface area (Å²) in [5.41, 5.74) is 6.62. The van der Waals surface area contributed by atoms with E-state index in [9.17, 15) is 0 Å². The summed E-state index contributed by atoms with van der Waals surface area (Å²) in [5.74, 6) is 2.04. The standard InChI is InChI=1S/C29H28N10/c1-16(2)23-12-34-29-26(37-23)14-33-28(39-29)8-18(4)22-9-19-10-32-27(38-24(19)13-31-22)7-17(3)20-5-6-21-25(36-20)11-30-15-35-21/h5-6,9-18H,7-8H2,1-4H3/t17-,18-/m1/s1. The maximum Gasteiger partial charge on any atom is 0.181 e. The molecule has 0 aliphatic heterocycles. The van der Waals surface area contributed by atoms with Crippen LogP contribution in [0.3, 0.4) is 0 Å². The number of nitrogens with zero attached hydrogens (tertiary/aromatic N) is 10. The van der Waals surface area contributed by atoms with Crippen molar-refractivity contribution in [2.24, 2.45) is 0 Å². The van der Waals surface area contributed by atoms with Crippen LogP contribution in [-0.2, 0) is 12.8 Å². The predicted molar refractivity (Wildman–Crippen MR) is 148 cm³/mol. The quantitative estimate of drug-likeness (QED) is 0.288. The van der Waals surface area contributed by atoms with Gasteiger partial charge < -0.3 is 0 Å². The van der Waals surface area contributed by atoms with E-state index in [4.69, 9.17) is 15.0 Å². The van der Waals surface area contributed by atoms with Crippen molar-refractivity contribution in [3.05, 3.63) is 84.2 Å². The van der Waals surface area contributed by atoms with Crippen LogP contribution in [-0.4, -0.2) is 49.8 Å². The van der Waals surface area contributed by atoms with Gasteiger partial charge in [-0.05, 0) is 24.1 Å². The second kappa shape index (κ2) is 10.3. The maximum atomic E-state index is 4.78. The van der Waals surface area contributed by atoms with Gasteiger partial charge in [0.25, 0.3) is 0 Å². The second-order valence-corrected chi connectivity index (χ2v) is 10.3. The minimum Gasteiger partial charge on any atom is -0.259 e. The van der Waals surface area contributed by atoms with Crippen molar-refractivity contribution in [3.8, 4) is 0 Å². The largest absolute Gasteiger partial charge is 0.259 e. The Morgan fingerprint density at radius 3 is 2.15 bits per heavy atom. The highest BCUT2D eigenvalue weighted by Gasteiger charge is 2.15. The van der Waals surface area contributed by atoms with Gasteiger partial charge >= 0.3 is 0 Å². The summed E-state index contributed by atoms with van der Waals surface area (Å²) in [6.07, 6.45) is 11.8. The Morgan fingerprint density at radius 1 is 0.564 bits per heavy atom. The summed E-state index contributed by atoms with van der Waals surface area (Å²) in [4.78, 5) is 45.4. The van der Waals surface area contributed by atoms with Crippen LogP contribution in [0.1, 0.15) is 74.2 Å². The van der Waals surface area contributed by atoms with Crippen LogP contribution in [0.5, 0.6) is 0 Å². The summed E-state index contributed by atoms with van der Waals surface area (Å²) in [6.45, 7) is 8.43. The molecule has 6 aromatic heterocycles. The Kier molecular flexibility index (Phi) is 6.52. The first-order chi connectivity index (χ1) is 18.9. The fraction of sp³-hybridized carbons (Fsp3) is 0.310. The van der Waals surface area contributed by atoms with Gasteiger partial charge in [-0.2, -0.15) is 0 Å². The van der Waals surface area contributed by atoms with Crippen LogP contribution < -0.4 is 0 Å². The zero-order valence-electron chi connectivity index (χ0n) is 22.3. The Balaban J connectivity index is 1.17. The number of rotatable bonds is 7. The Bertz CT molecular complexity index is 1800. The van der Waals surface area contributed by atoms with Gasteiger partial charge in [-0.1, -0.05) is 27.7 Å². The highest BCUT2D eigenvalue weighted by Crippen LogP contribution is 2.23. The molecule has 6 aromatic rings. The smallest absolute Gasteiger partial charge is 0.181 e. The first-order valence-corrected chi connectivity index (χ1v) is 13.1. The molecule has 0 saturated carbocycles. The van der Waals surface area contributed by atoms with Crippen molar-refractivity contribution in [2.45, 2.75) is 58.3 Å². The van der Waals surface area contributed by atoms with E-state index < -0.39 is 0 Å². The molecular weight excluding hydrogens is 488 g/mol. The minimum atomic E-state index is 0.109. The average Bonchev–Trinajstić information content (AvgIpc) is 2.96. The summed E-state index contributed by atoms with van der Waals surface area (Å²) in [5, 5.41) is 0.954. The SMILES string of the molecule is CC(C)c1cnc2nc(C[C@@H](C)c3cc4cnc(C[C@@H](C)c5ccc6ncncc6n5)nc4cn3)ncc2n1. The fourth-order valence-electron chi connectivity index (χ4n) is 4.52. The van der Waals surface area contributed by atoms with Crippen LogP contribution in [0.25, 0.3) is 33.1 Å². The van der Waals surface area contributed by atoms with Gasteiger partial charge in [0.1, 0.15) is 29.0 Å². The summed E-state index contributed by atoms with van der Waals surface area (Å²) in [6, 6.07) is 6.03. The van der Waals surface area contributed by atoms with E-state index in [2.05, 4.69) is 62.6 Å². The maximum absolute atomic E-state index is 4.78. The monoisotopic (exact) mass is 516 g/mol. The lowest BCUT2D eigenvalue weighted by atomic mass is 10.0. The van der Waals surface area contributed by atoms with E-state index >= 15 is 0 Å². The molecule has 0 fully saturated rings. The van der Waals surface area contributed by atoms with Gasteiger partial charge in [-0.3, -0.25) is 4.98 Å². The number of hydrogen-bond acceptors (Lipinski definition) is 10. The van der Waals surface area contributed by atoms with Gasteiger partial charge in [-0.25, -0.2) is 44.9 Å². The lowest BCUT2D eigenvalue weighted by Crippen LogP contribution is -2.07. The lowest BCUT2D eigenvalue weighted by molar-refractivity contribution is 0.696. The molecule has 0 N–H and O–H groups in total. The first kappa shape index (κ1) is 24.7. The summed E-state index contributed by atoms with van der Waals surface area (Å²) in [7, 11) is 0. The van der Waals surface area contributed by atoms with Gasteiger partial charge in [0.2, 0.25) is 0 Å². The van der Waals surface area contributed by atoms with E-state index in [0.717, 1.165) is 50.7 Å². The molecule has 0 aromatic carbocycles. The fourth-order valence-corrected chi connectivity index (χ4v) is 4.52. The molecule has 0 aliphatic rings. The normalized spacial score (nSPS) is 13.4. The second-order valence-electron chi connectivity index (χ2n) is 10.3. The number of aromatic nitrogens is 10.